The van der Waals surface area contributed by atoms with Crippen molar-refractivity contribution in [3.63, 3.8) is 0 Å². The van der Waals surface area contributed by atoms with E-state index in [4.69, 9.17) is 9.97 Å². The molecule has 20 heavy (non-hydrogen) atoms. The van der Waals surface area contributed by atoms with E-state index in [0.29, 0.717) is 0 Å². The van der Waals surface area contributed by atoms with E-state index in [1.807, 2.05) is 6.07 Å². The number of aromatic nitrogens is 2. The van der Waals surface area contributed by atoms with Gasteiger partial charge in [0.05, 0.1) is 5.69 Å². The van der Waals surface area contributed by atoms with Gasteiger partial charge in [-0.3, -0.25) is 0 Å². The summed E-state index contributed by atoms with van der Waals surface area (Å²) in [6.45, 7) is 4.16. The SMILES string of the molecule is CCCc1nc(Cc2ccccc2)nc2c1CNCC2. The molecular formula is C17H21N3. The highest BCUT2D eigenvalue weighted by Gasteiger charge is 2.16. The van der Waals surface area contributed by atoms with Gasteiger partial charge >= 0.3 is 0 Å². The zero-order valence-electron chi connectivity index (χ0n) is 12.0. The number of hydrogen-bond acceptors (Lipinski definition) is 3. The van der Waals surface area contributed by atoms with Crippen LogP contribution in [-0.4, -0.2) is 16.5 Å². The Morgan fingerprint density at radius 1 is 1.15 bits per heavy atom. The van der Waals surface area contributed by atoms with Crippen LogP contribution < -0.4 is 5.32 Å². The number of benzene rings is 1. The number of fused-ring (bicyclic) bond motifs is 1. The predicted molar refractivity (Wildman–Crippen MR) is 80.7 cm³/mol. The quantitative estimate of drug-likeness (QED) is 0.925. The Bertz CT molecular complexity index is 578. The summed E-state index contributed by atoms with van der Waals surface area (Å²) in [4.78, 5) is 9.62. The molecule has 0 atom stereocenters. The zero-order valence-corrected chi connectivity index (χ0v) is 12.0. The van der Waals surface area contributed by atoms with Crippen LogP contribution in [0.2, 0.25) is 0 Å². The number of hydrogen-bond donors (Lipinski definition) is 1. The maximum absolute atomic E-state index is 4.82. The number of nitrogens with zero attached hydrogens (tertiary/aromatic N) is 2. The van der Waals surface area contributed by atoms with E-state index < -0.39 is 0 Å². The summed E-state index contributed by atoms with van der Waals surface area (Å²) in [7, 11) is 0. The largest absolute Gasteiger partial charge is 0.312 e. The Balaban J connectivity index is 1.93. The van der Waals surface area contributed by atoms with Crippen molar-refractivity contribution in [1.82, 2.24) is 15.3 Å². The van der Waals surface area contributed by atoms with E-state index in [-0.39, 0.29) is 0 Å². The highest BCUT2D eigenvalue weighted by atomic mass is 14.9. The fourth-order valence-corrected chi connectivity index (χ4v) is 2.77. The minimum Gasteiger partial charge on any atom is -0.312 e. The lowest BCUT2D eigenvalue weighted by Crippen LogP contribution is -2.27. The van der Waals surface area contributed by atoms with Gasteiger partial charge in [-0.15, -0.1) is 0 Å². The molecule has 1 aromatic heterocycles. The first-order valence-electron chi connectivity index (χ1n) is 7.49. The van der Waals surface area contributed by atoms with E-state index in [0.717, 1.165) is 44.6 Å². The van der Waals surface area contributed by atoms with Gasteiger partial charge in [0.25, 0.3) is 0 Å². The molecule has 0 radical (unpaired) electrons. The Labute approximate surface area is 120 Å². The third-order valence-electron chi connectivity index (χ3n) is 3.76. The van der Waals surface area contributed by atoms with Crippen LogP contribution in [-0.2, 0) is 25.8 Å². The average Bonchev–Trinajstić information content (AvgIpc) is 2.49. The monoisotopic (exact) mass is 267 g/mol. The highest BCUT2D eigenvalue weighted by Crippen LogP contribution is 2.18. The minimum atomic E-state index is 0.832. The van der Waals surface area contributed by atoms with Crippen LogP contribution in [0.5, 0.6) is 0 Å². The maximum Gasteiger partial charge on any atom is 0.133 e. The summed E-state index contributed by atoms with van der Waals surface area (Å²) >= 11 is 0. The van der Waals surface area contributed by atoms with Gasteiger partial charge in [-0.25, -0.2) is 9.97 Å². The second kappa shape index (κ2) is 6.14. The minimum absolute atomic E-state index is 0.832. The number of nitrogens with one attached hydrogen (secondary N) is 1. The number of aryl methyl sites for hydroxylation is 1. The smallest absolute Gasteiger partial charge is 0.133 e. The third-order valence-corrected chi connectivity index (χ3v) is 3.76. The molecule has 1 aliphatic rings. The standard InChI is InChI=1S/C17H21N3/c1-2-6-15-14-12-18-10-9-16(14)20-17(19-15)11-13-7-4-3-5-8-13/h3-5,7-8,18H,2,6,9-12H2,1H3. The third kappa shape index (κ3) is 2.88. The Kier molecular flexibility index (Phi) is 4.07. The molecule has 0 fully saturated rings. The van der Waals surface area contributed by atoms with Gasteiger partial charge in [-0.2, -0.15) is 0 Å². The average molecular weight is 267 g/mol. The molecule has 2 heterocycles. The molecule has 3 nitrogen and oxygen atoms in total. The normalized spacial score (nSPS) is 14.1. The van der Waals surface area contributed by atoms with Crippen LogP contribution in [0.15, 0.2) is 30.3 Å². The molecule has 1 aliphatic heterocycles. The van der Waals surface area contributed by atoms with Gasteiger partial charge in [-0.05, 0) is 12.0 Å². The van der Waals surface area contributed by atoms with E-state index >= 15 is 0 Å². The van der Waals surface area contributed by atoms with Gasteiger partial charge in [0.1, 0.15) is 5.82 Å². The lowest BCUT2D eigenvalue weighted by molar-refractivity contribution is 0.608. The van der Waals surface area contributed by atoms with Crippen LogP contribution in [0, 0.1) is 0 Å². The molecular weight excluding hydrogens is 246 g/mol. The molecule has 1 aromatic carbocycles. The fourth-order valence-electron chi connectivity index (χ4n) is 2.77. The molecule has 0 bridgehead atoms. The first-order chi connectivity index (χ1) is 9.86. The van der Waals surface area contributed by atoms with Gasteiger partial charge in [-0.1, -0.05) is 43.7 Å². The molecule has 0 spiro atoms. The molecule has 1 N–H and O–H groups in total. The fraction of sp³-hybridized carbons (Fsp3) is 0.412. The molecule has 2 aromatic rings. The van der Waals surface area contributed by atoms with Crippen LogP contribution in [0.1, 0.15) is 41.7 Å². The topological polar surface area (TPSA) is 37.8 Å². The zero-order chi connectivity index (χ0) is 13.8. The van der Waals surface area contributed by atoms with Crippen LogP contribution in [0.25, 0.3) is 0 Å². The molecule has 0 aliphatic carbocycles. The van der Waals surface area contributed by atoms with E-state index in [1.54, 1.807) is 0 Å². The summed E-state index contributed by atoms with van der Waals surface area (Å²) in [5.41, 5.74) is 5.13. The van der Waals surface area contributed by atoms with E-state index in [2.05, 4.69) is 36.5 Å². The van der Waals surface area contributed by atoms with Gasteiger partial charge in [0.2, 0.25) is 0 Å². The molecule has 0 unspecified atom stereocenters. The van der Waals surface area contributed by atoms with E-state index in [1.165, 1.54) is 22.5 Å². The van der Waals surface area contributed by atoms with Gasteiger partial charge < -0.3 is 5.32 Å². The van der Waals surface area contributed by atoms with Crippen molar-refractivity contribution in [1.29, 1.82) is 0 Å². The van der Waals surface area contributed by atoms with Crippen LogP contribution in [0.4, 0.5) is 0 Å². The summed E-state index contributed by atoms with van der Waals surface area (Å²) in [5.74, 6) is 0.973. The van der Waals surface area contributed by atoms with Crippen molar-refractivity contribution >= 4 is 0 Å². The highest BCUT2D eigenvalue weighted by molar-refractivity contribution is 5.30. The lowest BCUT2D eigenvalue weighted by atomic mass is 10.0. The van der Waals surface area contributed by atoms with Crippen molar-refractivity contribution < 1.29 is 0 Å². The van der Waals surface area contributed by atoms with Crippen molar-refractivity contribution in [2.75, 3.05) is 6.54 Å². The van der Waals surface area contributed by atoms with Crippen LogP contribution >= 0.6 is 0 Å². The summed E-state index contributed by atoms with van der Waals surface area (Å²) in [6, 6.07) is 10.5. The van der Waals surface area contributed by atoms with Crippen molar-refractivity contribution in [2.24, 2.45) is 0 Å². The van der Waals surface area contributed by atoms with Gasteiger partial charge in [0, 0.05) is 37.2 Å². The van der Waals surface area contributed by atoms with Crippen molar-refractivity contribution in [3.05, 3.63) is 58.7 Å². The van der Waals surface area contributed by atoms with Gasteiger partial charge in [0.15, 0.2) is 0 Å². The first kappa shape index (κ1) is 13.3. The Morgan fingerprint density at radius 3 is 2.80 bits per heavy atom. The number of rotatable bonds is 4. The predicted octanol–water partition coefficient (Wildman–Crippen LogP) is 2.67. The molecule has 3 rings (SSSR count). The molecule has 0 amide bonds. The maximum atomic E-state index is 4.82. The molecule has 104 valence electrons. The second-order valence-corrected chi connectivity index (χ2v) is 5.35. The van der Waals surface area contributed by atoms with Crippen molar-refractivity contribution in [2.45, 2.75) is 39.2 Å². The van der Waals surface area contributed by atoms with Crippen LogP contribution in [0.3, 0.4) is 0 Å². The first-order valence-corrected chi connectivity index (χ1v) is 7.49. The lowest BCUT2D eigenvalue weighted by Gasteiger charge is -2.20. The second-order valence-electron chi connectivity index (χ2n) is 5.35. The summed E-state index contributed by atoms with van der Waals surface area (Å²) in [6.07, 6.45) is 4.04. The molecule has 3 heteroatoms. The van der Waals surface area contributed by atoms with Crippen molar-refractivity contribution in [3.8, 4) is 0 Å². The summed E-state index contributed by atoms with van der Waals surface area (Å²) < 4.78 is 0. The molecule has 0 saturated heterocycles. The van der Waals surface area contributed by atoms with E-state index in [9.17, 15) is 0 Å². The Hall–Kier alpha value is -1.74. The summed E-state index contributed by atoms with van der Waals surface area (Å²) in [5, 5.41) is 3.43. The molecule has 0 saturated carbocycles. The Morgan fingerprint density at radius 2 is 2.00 bits per heavy atom.